The van der Waals surface area contributed by atoms with E-state index in [2.05, 4.69) is 17.0 Å². The second-order valence-electron chi connectivity index (χ2n) is 8.47. The number of carboxylic acids is 1. The summed E-state index contributed by atoms with van der Waals surface area (Å²) in [6, 6.07) is 8.10. The summed E-state index contributed by atoms with van der Waals surface area (Å²) in [7, 11) is 0. The number of carbonyl (C=O) groups excluding carboxylic acids is 2. The number of Topliss-reactive ketones (excluding diaryl/α,β-unsaturated/α-hetero) is 1. The van der Waals surface area contributed by atoms with Crippen molar-refractivity contribution in [1.29, 1.82) is 0 Å². The maximum atomic E-state index is 13.0. The molecular weight excluding hydrogens is 480 g/mol. The Morgan fingerprint density at radius 3 is 2.50 bits per heavy atom. The van der Waals surface area contributed by atoms with Crippen LogP contribution in [0.1, 0.15) is 36.1 Å². The van der Waals surface area contributed by atoms with Gasteiger partial charge in [0.1, 0.15) is 5.82 Å². The third-order valence-corrected chi connectivity index (χ3v) is 6.05. The number of carboxylic acid groups (broad SMARTS) is 1. The van der Waals surface area contributed by atoms with Crippen LogP contribution in [-0.4, -0.2) is 37.1 Å². The quantitative estimate of drug-likeness (QED) is 0.446. The first-order valence-corrected chi connectivity index (χ1v) is 11.4. The standard InChI is InChI=1S/C23H23ClN4O5S/c1-5-14-8-13(9-20(30)27(14)12-17(29)21(31)32)16-10-19(25-11-15-6-7-18(24)34-15)28(26-16)22(33)23(2,3)4/h5-10,25H,1,11-12H2,2-4H3,(H,31,32). The average molecular weight is 503 g/mol. The molecule has 0 radical (unpaired) electrons. The lowest BCUT2D eigenvalue weighted by Crippen LogP contribution is -2.29. The molecule has 0 aliphatic rings. The lowest BCUT2D eigenvalue weighted by Gasteiger charge is -2.18. The van der Waals surface area contributed by atoms with Crippen molar-refractivity contribution in [3.8, 4) is 11.3 Å². The van der Waals surface area contributed by atoms with E-state index in [-0.39, 0.29) is 11.6 Å². The van der Waals surface area contributed by atoms with Crippen molar-refractivity contribution >= 4 is 52.5 Å². The Kier molecular flexibility index (Phi) is 7.23. The monoisotopic (exact) mass is 502 g/mol. The molecule has 0 unspecified atom stereocenters. The first-order valence-electron chi connectivity index (χ1n) is 10.2. The molecule has 0 fully saturated rings. The predicted molar refractivity (Wildman–Crippen MR) is 131 cm³/mol. The first kappa shape index (κ1) is 25.1. The summed E-state index contributed by atoms with van der Waals surface area (Å²) >= 11 is 7.41. The molecule has 0 aliphatic heterocycles. The van der Waals surface area contributed by atoms with Crippen molar-refractivity contribution in [2.24, 2.45) is 5.41 Å². The molecule has 0 amide bonds. The summed E-state index contributed by atoms with van der Waals surface area (Å²) in [6.45, 7) is 8.76. The maximum Gasteiger partial charge on any atom is 0.374 e. The van der Waals surface area contributed by atoms with Gasteiger partial charge in [-0.2, -0.15) is 9.78 Å². The summed E-state index contributed by atoms with van der Waals surface area (Å²) < 4.78 is 2.93. The Morgan fingerprint density at radius 2 is 1.94 bits per heavy atom. The van der Waals surface area contributed by atoms with Gasteiger partial charge in [0.25, 0.3) is 17.2 Å². The van der Waals surface area contributed by atoms with Crippen LogP contribution in [0.3, 0.4) is 0 Å². The van der Waals surface area contributed by atoms with Crippen LogP contribution in [0.2, 0.25) is 4.34 Å². The zero-order chi connectivity index (χ0) is 25.2. The number of nitrogens with one attached hydrogen (secondary N) is 1. The molecule has 0 saturated carbocycles. The number of nitrogens with zero attached hydrogens (tertiary/aromatic N) is 3. The van der Waals surface area contributed by atoms with Crippen LogP contribution in [-0.2, 0) is 22.7 Å². The number of ketones is 1. The summed E-state index contributed by atoms with van der Waals surface area (Å²) in [6.07, 6.45) is 1.34. The highest BCUT2D eigenvalue weighted by atomic mass is 35.5. The lowest BCUT2D eigenvalue weighted by atomic mass is 9.96. The van der Waals surface area contributed by atoms with Crippen LogP contribution in [0.25, 0.3) is 17.3 Å². The normalized spacial score (nSPS) is 11.3. The third-order valence-electron chi connectivity index (χ3n) is 4.82. The third kappa shape index (κ3) is 5.52. The smallest absolute Gasteiger partial charge is 0.374 e. The van der Waals surface area contributed by atoms with Gasteiger partial charge < -0.3 is 15.0 Å². The molecule has 0 aromatic carbocycles. The summed E-state index contributed by atoms with van der Waals surface area (Å²) in [5, 5.41) is 16.5. The molecule has 0 atom stereocenters. The van der Waals surface area contributed by atoms with Gasteiger partial charge in [0.15, 0.2) is 0 Å². The number of anilines is 1. The van der Waals surface area contributed by atoms with Crippen molar-refractivity contribution in [3.63, 3.8) is 0 Å². The van der Waals surface area contributed by atoms with Crippen LogP contribution in [0, 0.1) is 5.41 Å². The molecule has 0 bridgehead atoms. The van der Waals surface area contributed by atoms with E-state index in [4.69, 9.17) is 16.7 Å². The SMILES string of the molecule is C=Cc1cc(-c2cc(NCc3ccc(Cl)s3)n(C(=O)C(C)(C)C)n2)cc(=O)n1CC(=O)C(=O)O. The number of hydrogen-bond acceptors (Lipinski definition) is 7. The van der Waals surface area contributed by atoms with Gasteiger partial charge in [-0.05, 0) is 24.3 Å². The maximum absolute atomic E-state index is 13.0. The molecule has 3 aromatic heterocycles. The van der Waals surface area contributed by atoms with E-state index in [0.717, 1.165) is 9.44 Å². The highest BCUT2D eigenvalue weighted by molar-refractivity contribution is 7.16. The number of pyridine rings is 1. The molecule has 3 aromatic rings. The Balaban J connectivity index is 2.04. The number of rotatable bonds is 8. The summed E-state index contributed by atoms with van der Waals surface area (Å²) in [5.41, 5.74) is -0.334. The van der Waals surface area contributed by atoms with Crippen LogP contribution < -0.4 is 10.9 Å². The molecule has 3 rings (SSSR count). The molecule has 34 heavy (non-hydrogen) atoms. The molecular formula is C23H23ClN4O5S. The largest absolute Gasteiger partial charge is 0.475 e. The van der Waals surface area contributed by atoms with E-state index in [0.29, 0.717) is 28.0 Å². The molecule has 0 aliphatic carbocycles. The topological polar surface area (TPSA) is 123 Å². The van der Waals surface area contributed by atoms with Gasteiger partial charge in [0.2, 0.25) is 0 Å². The Bertz CT molecular complexity index is 1350. The van der Waals surface area contributed by atoms with Crippen molar-refractivity contribution in [2.45, 2.75) is 33.9 Å². The van der Waals surface area contributed by atoms with Gasteiger partial charge in [0, 0.05) is 33.7 Å². The van der Waals surface area contributed by atoms with E-state index in [1.54, 1.807) is 39.0 Å². The van der Waals surface area contributed by atoms with Crippen molar-refractivity contribution in [1.82, 2.24) is 14.3 Å². The minimum absolute atomic E-state index is 0.247. The number of carbonyl (C=O) groups is 3. The Morgan fingerprint density at radius 1 is 1.24 bits per heavy atom. The zero-order valence-corrected chi connectivity index (χ0v) is 20.4. The summed E-state index contributed by atoms with van der Waals surface area (Å²) in [4.78, 5) is 49.2. The van der Waals surface area contributed by atoms with Gasteiger partial charge in [-0.15, -0.1) is 11.3 Å². The fourth-order valence-corrected chi connectivity index (χ4v) is 4.09. The van der Waals surface area contributed by atoms with Gasteiger partial charge in [-0.25, -0.2) is 4.79 Å². The number of thiophene rings is 1. The molecule has 11 heteroatoms. The Hall–Kier alpha value is -3.50. The van der Waals surface area contributed by atoms with Gasteiger partial charge in [-0.1, -0.05) is 39.0 Å². The molecule has 0 spiro atoms. The molecule has 178 valence electrons. The summed E-state index contributed by atoms with van der Waals surface area (Å²) in [5.74, 6) is -2.58. The van der Waals surface area contributed by atoms with Crippen LogP contribution in [0.5, 0.6) is 0 Å². The fourth-order valence-electron chi connectivity index (χ4n) is 3.06. The molecule has 9 nitrogen and oxygen atoms in total. The number of aromatic nitrogens is 3. The minimum atomic E-state index is -1.63. The van der Waals surface area contributed by atoms with Gasteiger partial charge in [0.05, 0.1) is 23.1 Å². The van der Waals surface area contributed by atoms with Crippen LogP contribution >= 0.6 is 22.9 Å². The number of halogens is 1. The van der Waals surface area contributed by atoms with Gasteiger partial charge >= 0.3 is 5.97 Å². The van der Waals surface area contributed by atoms with E-state index >= 15 is 0 Å². The van der Waals surface area contributed by atoms with Crippen molar-refractivity contribution in [3.05, 3.63) is 62.2 Å². The zero-order valence-electron chi connectivity index (χ0n) is 18.8. The highest BCUT2D eigenvalue weighted by Crippen LogP contribution is 2.27. The van der Waals surface area contributed by atoms with E-state index in [1.807, 2.05) is 6.07 Å². The Labute approximate surface area is 204 Å². The molecule has 2 N–H and O–H groups in total. The highest BCUT2D eigenvalue weighted by Gasteiger charge is 2.27. The van der Waals surface area contributed by atoms with Crippen molar-refractivity contribution in [2.75, 3.05) is 5.32 Å². The molecule has 3 heterocycles. The lowest BCUT2D eigenvalue weighted by molar-refractivity contribution is -0.149. The molecule has 0 saturated heterocycles. The van der Waals surface area contributed by atoms with E-state index in [9.17, 15) is 19.2 Å². The van der Waals surface area contributed by atoms with Crippen molar-refractivity contribution < 1.29 is 19.5 Å². The van der Waals surface area contributed by atoms with Gasteiger partial charge in [-0.3, -0.25) is 14.4 Å². The average Bonchev–Trinajstić information content (AvgIpc) is 3.37. The second kappa shape index (κ2) is 9.78. The van der Waals surface area contributed by atoms with Crippen LogP contribution in [0.15, 0.2) is 41.7 Å². The number of hydrogen-bond donors (Lipinski definition) is 2. The van der Waals surface area contributed by atoms with E-state index < -0.39 is 29.3 Å². The number of aliphatic carboxylic acids is 1. The van der Waals surface area contributed by atoms with E-state index in [1.165, 1.54) is 28.2 Å². The predicted octanol–water partition coefficient (Wildman–Crippen LogP) is 4.02. The second-order valence-corrected chi connectivity index (χ2v) is 10.3. The van der Waals surface area contributed by atoms with Crippen LogP contribution in [0.4, 0.5) is 5.82 Å². The fraction of sp³-hybridized carbons (Fsp3) is 0.261. The minimum Gasteiger partial charge on any atom is -0.475 e. The first-order chi connectivity index (χ1) is 15.9.